The van der Waals surface area contributed by atoms with Gasteiger partial charge in [-0.25, -0.2) is 4.39 Å². The van der Waals surface area contributed by atoms with E-state index in [0.717, 1.165) is 18.7 Å². The maximum absolute atomic E-state index is 13.4. The SMILES string of the molecule is CCCNC(c1ccccn1)c1cc(F)ccc1Cl. The third-order valence-corrected chi connectivity index (χ3v) is 3.20. The Kier molecular flexibility index (Phi) is 4.88. The largest absolute Gasteiger partial charge is 0.305 e. The Balaban J connectivity index is 2.40. The molecule has 100 valence electrons. The summed E-state index contributed by atoms with van der Waals surface area (Å²) >= 11 is 6.19. The molecule has 2 nitrogen and oxygen atoms in total. The van der Waals surface area contributed by atoms with Gasteiger partial charge in [0.15, 0.2) is 0 Å². The Morgan fingerprint density at radius 1 is 1.32 bits per heavy atom. The minimum Gasteiger partial charge on any atom is -0.305 e. The molecule has 0 bridgehead atoms. The van der Waals surface area contributed by atoms with Crippen molar-refractivity contribution in [3.05, 3.63) is 64.7 Å². The van der Waals surface area contributed by atoms with Gasteiger partial charge in [0.2, 0.25) is 0 Å². The van der Waals surface area contributed by atoms with Gasteiger partial charge in [-0.3, -0.25) is 4.98 Å². The van der Waals surface area contributed by atoms with Gasteiger partial charge < -0.3 is 5.32 Å². The van der Waals surface area contributed by atoms with Crippen LogP contribution in [0.4, 0.5) is 4.39 Å². The van der Waals surface area contributed by atoms with Crippen molar-refractivity contribution in [2.45, 2.75) is 19.4 Å². The molecule has 1 aromatic carbocycles. The maximum Gasteiger partial charge on any atom is 0.123 e. The van der Waals surface area contributed by atoms with Gasteiger partial charge in [0.1, 0.15) is 5.82 Å². The fraction of sp³-hybridized carbons (Fsp3) is 0.267. The van der Waals surface area contributed by atoms with Crippen molar-refractivity contribution in [1.82, 2.24) is 10.3 Å². The van der Waals surface area contributed by atoms with Crippen molar-refractivity contribution in [2.75, 3.05) is 6.54 Å². The zero-order valence-electron chi connectivity index (χ0n) is 10.7. The van der Waals surface area contributed by atoms with Crippen LogP contribution in [0.15, 0.2) is 42.6 Å². The molecule has 19 heavy (non-hydrogen) atoms. The van der Waals surface area contributed by atoms with Crippen molar-refractivity contribution in [2.24, 2.45) is 0 Å². The first-order valence-corrected chi connectivity index (χ1v) is 6.69. The fourth-order valence-electron chi connectivity index (χ4n) is 1.95. The van der Waals surface area contributed by atoms with Crippen LogP contribution in [0.5, 0.6) is 0 Å². The van der Waals surface area contributed by atoms with Crippen LogP contribution in [0.3, 0.4) is 0 Å². The second-order valence-corrected chi connectivity index (χ2v) is 4.71. The quantitative estimate of drug-likeness (QED) is 0.895. The Bertz CT molecular complexity index is 531. The number of hydrogen-bond acceptors (Lipinski definition) is 2. The van der Waals surface area contributed by atoms with E-state index in [4.69, 9.17) is 11.6 Å². The zero-order chi connectivity index (χ0) is 13.7. The molecule has 1 aromatic heterocycles. The van der Waals surface area contributed by atoms with Crippen molar-refractivity contribution in [3.8, 4) is 0 Å². The van der Waals surface area contributed by atoms with Gasteiger partial charge in [-0.15, -0.1) is 0 Å². The number of rotatable bonds is 5. The normalized spacial score (nSPS) is 12.4. The number of hydrogen-bond donors (Lipinski definition) is 1. The highest BCUT2D eigenvalue weighted by Gasteiger charge is 2.18. The molecular weight excluding hydrogens is 263 g/mol. The van der Waals surface area contributed by atoms with Gasteiger partial charge in [-0.05, 0) is 48.9 Å². The van der Waals surface area contributed by atoms with E-state index in [0.29, 0.717) is 10.6 Å². The standard InChI is InChI=1S/C15H16ClFN2/c1-2-8-19-15(14-5-3-4-9-18-14)12-10-11(17)6-7-13(12)16/h3-7,9-10,15,19H,2,8H2,1H3. The van der Waals surface area contributed by atoms with Crippen molar-refractivity contribution in [1.29, 1.82) is 0 Å². The summed E-state index contributed by atoms with van der Waals surface area (Å²) in [6.45, 7) is 2.89. The molecule has 0 radical (unpaired) electrons. The lowest BCUT2D eigenvalue weighted by atomic mass is 10.0. The third kappa shape index (κ3) is 3.52. The highest BCUT2D eigenvalue weighted by Crippen LogP contribution is 2.28. The molecule has 0 spiro atoms. The van der Waals surface area contributed by atoms with E-state index < -0.39 is 0 Å². The number of nitrogens with one attached hydrogen (secondary N) is 1. The van der Waals surface area contributed by atoms with Crippen molar-refractivity contribution in [3.63, 3.8) is 0 Å². The third-order valence-electron chi connectivity index (χ3n) is 2.85. The Hall–Kier alpha value is -1.45. The van der Waals surface area contributed by atoms with E-state index >= 15 is 0 Å². The summed E-state index contributed by atoms with van der Waals surface area (Å²) in [7, 11) is 0. The van der Waals surface area contributed by atoms with Gasteiger partial charge in [-0.2, -0.15) is 0 Å². The second kappa shape index (κ2) is 6.64. The van der Waals surface area contributed by atoms with E-state index in [9.17, 15) is 4.39 Å². The van der Waals surface area contributed by atoms with Crippen LogP contribution < -0.4 is 5.32 Å². The summed E-state index contributed by atoms with van der Waals surface area (Å²) in [5.41, 5.74) is 1.55. The Morgan fingerprint density at radius 3 is 2.84 bits per heavy atom. The second-order valence-electron chi connectivity index (χ2n) is 4.31. The number of aromatic nitrogens is 1. The number of benzene rings is 1. The lowest BCUT2D eigenvalue weighted by Gasteiger charge is -2.19. The van der Waals surface area contributed by atoms with Gasteiger partial charge >= 0.3 is 0 Å². The number of pyridine rings is 1. The summed E-state index contributed by atoms with van der Waals surface area (Å²) in [6.07, 6.45) is 2.71. The van der Waals surface area contributed by atoms with E-state index in [1.165, 1.54) is 12.1 Å². The minimum absolute atomic E-state index is 0.190. The molecule has 1 atom stereocenters. The predicted molar refractivity (Wildman–Crippen MR) is 75.8 cm³/mol. The summed E-state index contributed by atoms with van der Waals surface area (Å²) in [5.74, 6) is -0.293. The van der Waals surface area contributed by atoms with E-state index in [1.807, 2.05) is 18.2 Å². The molecule has 4 heteroatoms. The molecule has 1 heterocycles. The average molecular weight is 279 g/mol. The minimum atomic E-state index is -0.293. The number of nitrogens with zero attached hydrogens (tertiary/aromatic N) is 1. The van der Waals surface area contributed by atoms with Crippen LogP contribution in [-0.4, -0.2) is 11.5 Å². The van der Waals surface area contributed by atoms with E-state index in [-0.39, 0.29) is 11.9 Å². The molecule has 0 saturated carbocycles. The molecule has 0 aliphatic rings. The van der Waals surface area contributed by atoms with Gasteiger partial charge in [-0.1, -0.05) is 24.6 Å². The van der Waals surface area contributed by atoms with E-state index in [1.54, 1.807) is 12.3 Å². The predicted octanol–water partition coefficient (Wildman–Crippen LogP) is 3.96. The molecule has 2 rings (SSSR count). The zero-order valence-corrected chi connectivity index (χ0v) is 11.5. The number of halogens is 2. The average Bonchev–Trinajstić information content (AvgIpc) is 2.44. The molecule has 0 aliphatic heterocycles. The van der Waals surface area contributed by atoms with Crippen LogP contribution in [0.2, 0.25) is 5.02 Å². The highest BCUT2D eigenvalue weighted by atomic mass is 35.5. The fourth-order valence-corrected chi connectivity index (χ4v) is 2.17. The summed E-state index contributed by atoms with van der Waals surface area (Å²) < 4.78 is 13.4. The molecule has 0 aliphatic carbocycles. The molecule has 0 saturated heterocycles. The van der Waals surface area contributed by atoms with Crippen LogP contribution in [0, 0.1) is 5.82 Å². The molecular formula is C15H16ClFN2. The Morgan fingerprint density at radius 2 is 2.16 bits per heavy atom. The van der Waals surface area contributed by atoms with Crippen LogP contribution >= 0.6 is 11.6 Å². The molecule has 0 fully saturated rings. The highest BCUT2D eigenvalue weighted by molar-refractivity contribution is 6.31. The maximum atomic E-state index is 13.4. The van der Waals surface area contributed by atoms with Crippen molar-refractivity contribution < 1.29 is 4.39 Å². The lowest BCUT2D eigenvalue weighted by Crippen LogP contribution is -2.24. The van der Waals surface area contributed by atoms with Gasteiger partial charge in [0.05, 0.1) is 11.7 Å². The van der Waals surface area contributed by atoms with Gasteiger partial charge in [0, 0.05) is 11.2 Å². The lowest BCUT2D eigenvalue weighted by molar-refractivity contribution is 0.576. The molecule has 0 amide bonds. The summed E-state index contributed by atoms with van der Waals surface area (Å²) in [5, 5.41) is 3.90. The Labute approximate surface area is 117 Å². The van der Waals surface area contributed by atoms with Crippen molar-refractivity contribution >= 4 is 11.6 Å². The van der Waals surface area contributed by atoms with Crippen LogP contribution in [0.25, 0.3) is 0 Å². The first-order chi connectivity index (χ1) is 9.22. The van der Waals surface area contributed by atoms with Gasteiger partial charge in [0.25, 0.3) is 0 Å². The topological polar surface area (TPSA) is 24.9 Å². The van der Waals surface area contributed by atoms with E-state index in [2.05, 4.69) is 17.2 Å². The summed E-state index contributed by atoms with van der Waals surface area (Å²) in [4.78, 5) is 4.34. The van der Waals surface area contributed by atoms with Crippen LogP contribution in [-0.2, 0) is 0 Å². The first kappa shape index (κ1) is 14.0. The summed E-state index contributed by atoms with van der Waals surface area (Å²) in [6, 6.07) is 9.89. The monoisotopic (exact) mass is 278 g/mol. The first-order valence-electron chi connectivity index (χ1n) is 6.31. The molecule has 1 unspecified atom stereocenters. The van der Waals surface area contributed by atoms with Crippen LogP contribution in [0.1, 0.15) is 30.6 Å². The smallest absolute Gasteiger partial charge is 0.123 e. The molecule has 2 aromatic rings. The molecule has 1 N–H and O–H groups in total.